The van der Waals surface area contributed by atoms with Gasteiger partial charge in [-0.05, 0) is 59.2 Å². The van der Waals surface area contributed by atoms with Gasteiger partial charge in [-0.3, -0.25) is 4.79 Å². The molecule has 1 heterocycles. The van der Waals surface area contributed by atoms with Gasteiger partial charge >= 0.3 is 0 Å². The molecule has 1 aliphatic rings. The van der Waals surface area contributed by atoms with E-state index < -0.39 is 6.10 Å². The number of nitrogens with one attached hydrogen (secondary N) is 1. The van der Waals surface area contributed by atoms with Crippen molar-refractivity contribution in [3.63, 3.8) is 0 Å². The van der Waals surface area contributed by atoms with Crippen LogP contribution in [0.1, 0.15) is 53.0 Å². The molecule has 1 saturated heterocycles. The second-order valence-corrected chi connectivity index (χ2v) is 8.31. The molecule has 0 radical (unpaired) electrons. The predicted molar refractivity (Wildman–Crippen MR) is 92.5 cm³/mol. The molecule has 0 bridgehead atoms. The van der Waals surface area contributed by atoms with E-state index >= 15 is 0 Å². The van der Waals surface area contributed by atoms with Gasteiger partial charge in [0, 0.05) is 18.9 Å². The number of aryl methyl sites for hydroxylation is 1. The number of ether oxygens (including phenoxy) is 1. The maximum atomic E-state index is 12.5. The van der Waals surface area contributed by atoms with E-state index in [0.717, 1.165) is 24.2 Å². The molecule has 1 aliphatic heterocycles. The molecule has 3 N–H and O–H groups in total. The minimum absolute atomic E-state index is 0.0370. The molecular formula is C19H31N2O2+. The van der Waals surface area contributed by atoms with Gasteiger partial charge in [-0.15, -0.1) is 0 Å². The van der Waals surface area contributed by atoms with Crippen LogP contribution in [0, 0.1) is 6.92 Å². The van der Waals surface area contributed by atoms with E-state index in [4.69, 9.17) is 4.74 Å². The standard InChI is InChI=1S/C19H30N2O2/c1-13-8-7-9-16(10-13)23-14(2)17(22)20-15-11-18(3,4)21-19(5,6)12-15/h7-10,14-15,21H,11-12H2,1-6H3,(H,20,22)/p+1/t14-/m1/s1. The first-order valence-electron chi connectivity index (χ1n) is 8.47. The number of piperidine rings is 1. The van der Waals surface area contributed by atoms with E-state index in [-0.39, 0.29) is 23.0 Å². The summed E-state index contributed by atoms with van der Waals surface area (Å²) in [6, 6.07) is 7.99. The van der Waals surface area contributed by atoms with Crippen LogP contribution in [-0.4, -0.2) is 29.1 Å². The zero-order valence-corrected chi connectivity index (χ0v) is 15.3. The van der Waals surface area contributed by atoms with Gasteiger partial charge in [0.15, 0.2) is 6.10 Å². The summed E-state index contributed by atoms with van der Waals surface area (Å²) in [7, 11) is 0. The quantitative estimate of drug-likeness (QED) is 0.893. The van der Waals surface area contributed by atoms with Crippen molar-refractivity contribution in [2.75, 3.05) is 0 Å². The number of carbonyl (C=O) groups is 1. The molecule has 1 atom stereocenters. The largest absolute Gasteiger partial charge is 0.481 e. The highest BCUT2D eigenvalue weighted by Gasteiger charge is 2.42. The van der Waals surface area contributed by atoms with Crippen LogP contribution in [0.25, 0.3) is 0 Å². The third-order valence-corrected chi connectivity index (χ3v) is 4.34. The minimum Gasteiger partial charge on any atom is -0.481 e. The van der Waals surface area contributed by atoms with Crippen molar-refractivity contribution in [3.8, 4) is 5.75 Å². The number of benzene rings is 1. The van der Waals surface area contributed by atoms with Crippen molar-refractivity contribution < 1.29 is 14.8 Å². The molecule has 0 aromatic heterocycles. The molecule has 2 rings (SSSR count). The Morgan fingerprint density at radius 3 is 2.43 bits per heavy atom. The number of amides is 1. The van der Waals surface area contributed by atoms with E-state index in [1.54, 1.807) is 0 Å². The molecule has 4 nitrogen and oxygen atoms in total. The van der Waals surface area contributed by atoms with Crippen molar-refractivity contribution in [3.05, 3.63) is 29.8 Å². The molecule has 0 unspecified atom stereocenters. The van der Waals surface area contributed by atoms with E-state index in [1.165, 1.54) is 0 Å². The Balaban J connectivity index is 1.95. The maximum absolute atomic E-state index is 12.5. The number of hydrogen-bond donors (Lipinski definition) is 2. The van der Waals surface area contributed by atoms with Crippen molar-refractivity contribution in [1.82, 2.24) is 5.32 Å². The lowest BCUT2D eigenvalue weighted by atomic mass is 9.79. The third-order valence-electron chi connectivity index (χ3n) is 4.34. The summed E-state index contributed by atoms with van der Waals surface area (Å²) in [5, 5.41) is 5.59. The number of carbonyl (C=O) groups excluding carboxylic acids is 1. The Hall–Kier alpha value is -1.55. The Bertz CT molecular complexity index is 550. The number of rotatable bonds is 4. The maximum Gasteiger partial charge on any atom is 0.261 e. The molecule has 23 heavy (non-hydrogen) atoms. The molecule has 128 valence electrons. The van der Waals surface area contributed by atoms with Crippen LogP contribution in [0.4, 0.5) is 0 Å². The average Bonchev–Trinajstić information content (AvgIpc) is 2.34. The van der Waals surface area contributed by atoms with Crippen LogP contribution in [0.2, 0.25) is 0 Å². The Morgan fingerprint density at radius 1 is 1.26 bits per heavy atom. The number of nitrogens with two attached hydrogens (primary N) is 1. The summed E-state index contributed by atoms with van der Waals surface area (Å²) in [6.07, 6.45) is 1.45. The van der Waals surface area contributed by atoms with Gasteiger partial charge in [0.05, 0.1) is 11.1 Å². The van der Waals surface area contributed by atoms with Crippen LogP contribution in [-0.2, 0) is 4.79 Å². The van der Waals surface area contributed by atoms with Gasteiger partial charge in [-0.1, -0.05) is 12.1 Å². The Labute approximate surface area is 140 Å². The van der Waals surface area contributed by atoms with Gasteiger partial charge in [-0.25, -0.2) is 0 Å². The van der Waals surface area contributed by atoms with E-state index in [1.807, 2.05) is 38.1 Å². The fraction of sp³-hybridized carbons (Fsp3) is 0.632. The van der Waals surface area contributed by atoms with Crippen LogP contribution >= 0.6 is 0 Å². The molecule has 1 aromatic carbocycles. The highest BCUT2D eigenvalue weighted by molar-refractivity contribution is 5.81. The molecule has 1 fully saturated rings. The zero-order chi connectivity index (χ0) is 17.3. The first-order chi connectivity index (χ1) is 10.6. The lowest BCUT2D eigenvalue weighted by Gasteiger charge is -2.43. The number of quaternary nitrogens is 1. The molecule has 1 amide bonds. The lowest BCUT2D eigenvalue weighted by Crippen LogP contribution is -3.06. The van der Waals surface area contributed by atoms with Gasteiger partial charge in [0.1, 0.15) is 5.75 Å². The van der Waals surface area contributed by atoms with Crippen LogP contribution < -0.4 is 15.4 Å². The summed E-state index contributed by atoms with van der Waals surface area (Å²) < 4.78 is 5.78. The van der Waals surface area contributed by atoms with Gasteiger partial charge in [0.25, 0.3) is 5.91 Å². The summed E-state index contributed by atoms with van der Waals surface area (Å²) in [5.74, 6) is 0.704. The summed E-state index contributed by atoms with van der Waals surface area (Å²) in [6.45, 7) is 12.8. The van der Waals surface area contributed by atoms with Crippen LogP contribution in [0.3, 0.4) is 0 Å². The first kappa shape index (κ1) is 17.8. The summed E-state index contributed by atoms with van der Waals surface area (Å²) in [4.78, 5) is 12.5. The monoisotopic (exact) mass is 319 g/mol. The summed E-state index contributed by atoms with van der Waals surface area (Å²) in [5.41, 5.74) is 1.40. The van der Waals surface area contributed by atoms with Crippen molar-refractivity contribution >= 4 is 5.91 Å². The SMILES string of the molecule is Cc1cccc(O[C@H](C)C(=O)NC2CC(C)(C)[NH2+]C(C)(C)C2)c1. The fourth-order valence-corrected chi connectivity index (χ4v) is 3.88. The molecule has 0 saturated carbocycles. The van der Waals surface area contributed by atoms with Gasteiger partial charge in [0.2, 0.25) is 0 Å². The Kier molecular flexibility index (Phi) is 5.04. The van der Waals surface area contributed by atoms with Gasteiger partial charge < -0.3 is 15.4 Å². The van der Waals surface area contributed by atoms with Crippen LogP contribution in [0.15, 0.2) is 24.3 Å². The molecule has 1 aromatic rings. The lowest BCUT2D eigenvalue weighted by molar-refractivity contribution is -0.787. The second-order valence-electron chi connectivity index (χ2n) is 8.31. The average molecular weight is 319 g/mol. The van der Waals surface area contributed by atoms with E-state index in [2.05, 4.69) is 38.3 Å². The smallest absolute Gasteiger partial charge is 0.261 e. The van der Waals surface area contributed by atoms with E-state index in [0.29, 0.717) is 0 Å². The van der Waals surface area contributed by atoms with Crippen molar-refractivity contribution in [1.29, 1.82) is 0 Å². The number of hydrogen-bond acceptors (Lipinski definition) is 2. The van der Waals surface area contributed by atoms with Crippen LogP contribution in [0.5, 0.6) is 5.75 Å². The Morgan fingerprint density at radius 2 is 1.87 bits per heavy atom. The molecule has 4 heteroatoms. The molecule has 0 aliphatic carbocycles. The normalized spacial score (nSPS) is 21.5. The van der Waals surface area contributed by atoms with Crippen molar-refractivity contribution in [2.24, 2.45) is 0 Å². The second kappa shape index (κ2) is 6.52. The predicted octanol–water partition coefficient (Wildman–Crippen LogP) is 2.16. The minimum atomic E-state index is -0.492. The first-order valence-corrected chi connectivity index (χ1v) is 8.47. The third kappa shape index (κ3) is 5.24. The van der Waals surface area contributed by atoms with Crippen molar-refractivity contribution in [2.45, 2.75) is 77.6 Å². The topological polar surface area (TPSA) is 54.9 Å². The molecular weight excluding hydrogens is 288 g/mol. The zero-order valence-electron chi connectivity index (χ0n) is 15.3. The highest BCUT2D eigenvalue weighted by Crippen LogP contribution is 2.22. The van der Waals surface area contributed by atoms with Gasteiger partial charge in [-0.2, -0.15) is 0 Å². The highest BCUT2D eigenvalue weighted by atomic mass is 16.5. The fourth-order valence-electron chi connectivity index (χ4n) is 3.88. The summed E-state index contributed by atoms with van der Waals surface area (Å²) >= 11 is 0. The molecule has 0 spiro atoms. The van der Waals surface area contributed by atoms with E-state index in [9.17, 15) is 4.79 Å².